The van der Waals surface area contributed by atoms with Crippen molar-refractivity contribution < 1.29 is 9.47 Å². The normalized spacial score (nSPS) is 15.6. The van der Waals surface area contributed by atoms with E-state index in [9.17, 15) is 4.79 Å². The Kier molecular flexibility index (Phi) is 4.64. The van der Waals surface area contributed by atoms with Crippen LogP contribution in [0.1, 0.15) is 31.2 Å². The molecule has 4 heterocycles. The topological polar surface area (TPSA) is 70.7 Å². The van der Waals surface area contributed by atoms with Crippen LogP contribution in [0.25, 0.3) is 21.7 Å². The highest BCUT2D eigenvalue weighted by molar-refractivity contribution is 7.99. The lowest BCUT2D eigenvalue weighted by Crippen LogP contribution is -2.32. The van der Waals surface area contributed by atoms with Crippen LogP contribution in [0.15, 0.2) is 34.2 Å². The van der Waals surface area contributed by atoms with Gasteiger partial charge in [0.2, 0.25) is 5.78 Å². The Labute approximate surface area is 181 Å². The maximum atomic E-state index is 13.8. The first-order valence-electron chi connectivity index (χ1n) is 9.79. The summed E-state index contributed by atoms with van der Waals surface area (Å²) < 4.78 is 15.0. The van der Waals surface area contributed by atoms with Crippen molar-refractivity contribution in [1.29, 1.82) is 0 Å². The molecule has 0 aliphatic carbocycles. The smallest absolute Gasteiger partial charge is 0.268 e. The lowest BCUT2D eigenvalue weighted by Gasteiger charge is -2.29. The van der Waals surface area contributed by atoms with Gasteiger partial charge in [-0.3, -0.25) is 4.79 Å². The molecule has 0 radical (unpaired) electrons. The lowest BCUT2D eigenvalue weighted by molar-refractivity contribution is -0.0379. The van der Waals surface area contributed by atoms with E-state index in [0.717, 1.165) is 43.0 Å². The summed E-state index contributed by atoms with van der Waals surface area (Å²) >= 11 is 3.23. The van der Waals surface area contributed by atoms with Crippen LogP contribution in [0.5, 0.6) is 5.75 Å². The number of nitrogens with zero attached hydrogens (tertiary/aromatic N) is 4. The monoisotopic (exact) mass is 442 g/mol. The number of fused-ring (bicyclic) bond motifs is 5. The predicted molar refractivity (Wildman–Crippen MR) is 119 cm³/mol. The van der Waals surface area contributed by atoms with Crippen LogP contribution in [0.3, 0.4) is 0 Å². The van der Waals surface area contributed by atoms with Crippen molar-refractivity contribution >= 4 is 39.1 Å². The highest BCUT2D eigenvalue weighted by Crippen LogP contribution is 2.39. The van der Waals surface area contributed by atoms with Crippen LogP contribution in [0.4, 0.5) is 0 Å². The minimum absolute atomic E-state index is 0.0710. The molecule has 7 nitrogen and oxygen atoms in total. The fourth-order valence-corrected chi connectivity index (χ4v) is 5.83. The van der Waals surface area contributed by atoms with E-state index in [1.165, 1.54) is 0 Å². The zero-order chi connectivity index (χ0) is 21.0. The van der Waals surface area contributed by atoms with Crippen molar-refractivity contribution in [3.63, 3.8) is 0 Å². The third kappa shape index (κ3) is 2.95. The molecule has 0 amide bonds. The molecule has 156 valence electrons. The van der Waals surface area contributed by atoms with Gasteiger partial charge in [0.05, 0.1) is 30.4 Å². The fourth-order valence-electron chi connectivity index (χ4n) is 3.89. The molecular formula is C21H22N4O3S2. The Balaban J connectivity index is 1.89. The van der Waals surface area contributed by atoms with Gasteiger partial charge >= 0.3 is 0 Å². The first kappa shape index (κ1) is 19.6. The number of hydrogen-bond donors (Lipinski definition) is 0. The molecule has 1 aliphatic heterocycles. The van der Waals surface area contributed by atoms with Crippen LogP contribution < -0.4 is 10.3 Å². The SMILES string of the molecule is CCSc1nnc2n(-c3ccc(OC)cc3)c(=O)c3c4c(sc3n12)COC(C)(C)C4. The number of thioether (sulfide) groups is 1. The van der Waals surface area contributed by atoms with Crippen LogP contribution in [0.2, 0.25) is 0 Å². The standard InChI is InChI=1S/C21H22N4O3S2/c1-5-29-20-23-22-19-24(12-6-8-13(27-4)9-7-12)17(26)16-14-10-21(2,3)28-11-15(14)30-18(16)25(19)20/h6-9H,5,10-11H2,1-4H3. The number of benzene rings is 1. The van der Waals surface area contributed by atoms with E-state index in [1.807, 2.05) is 28.7 Å². The van der Waals surface area contributed by atoms with Crippen LogP contribution >= 0.6 is 23.1 Å². The zero-order valence-corrected chi connectivity index (χ0v) is 18.9. The molecule has 0 N–H and O–H groups in total. The van der Waals surface area contributed by atoms with Gasteiger partial charge in [-0.25, -0.2) is 8.97 Å². The number of aromatic nitrogens is 4. The quantitative estimate of drug-likeness (QED) is 0.444. The van der Waals surface area contributed by atoms with Gasteiger partial charge in [0.25, 0.3) is 5.56 Å². The lowest BCUT2D eigenvalue weighted by atomic mass is 9.94. The maximum Gasteiger partial charge on any atom is 0.268 e. The number of rotatable bonds is 4. The Bertz CT molecular complexity index is 1320. The summed E-state index contributed by atoms with van der Waals surface area (Å²) in [6.45, 7) is 6.73. The summed E-state index contributed by atoms with van der Waals surface area (Å²) in [5.74, 6) is 2.12. The fraction of sp³-hybridized carbons (Fsp3) is 0.381. The van der Waals surface area contributed by atoms with Gasteiger partial charge in [0.1, 0.15) is 10.6 Å². The predicted octanol–water partition coefficient (Wildman–Crippen LogP) is 4.07. The highest BCUT2D eigenvalue weighted by Gasteiger charge is 2.32. The number of methoxy groups -OCH3 is 1. The van der Waals surface area contributed by atoms with E-state index in [4.69, 9.17) is 9.47 Å². The average Bonchev–Trinajstić information content (AvgIpc) is 3.29. The summed E-state index contributed by atoms with van der Waals surface area (Å²) in [7, 11) is 1.62. The van der Waals surface area contributed by atoms with E-state index in [0.29, 0.717) is 18.8 Å². The minimum Gasteiger partial charge on any atom is -0.497 e. The molecule has 0 atom stereocenters. The summed E-state index contributed by atoms with van der Waals surface area (Å²) in [4.78, 5) is 15.8. The second-order valence-electron chi connectivity index (χ2n) is 7.80. The Hall–Kier alpha value is -2.36. The zero-order valence-electron chi connectivity index (χ0n) is 17.3. The second kappa shape index (κ2) is 7.11. The molecule has 5 rings (SSSR count). The number of hydrogen-bond acceptors (Lipinski definition) is 7. The molecule has 0 bridgehead atoms. The summed E-state index contributed by atoms with van der Waals surface area (Å²) in [5, 5.41) is 10.3. The number of ether oxygens (including phenoxy) is 2. The van der Waals surface area contributed by atoms with Crippen molar-refractivity contribution in [2.45, 2.75) is 44.6 Å². The van der Waals surface area contributed by atoms with Gasteiger partial charge in [-0.15, -0.1) is 21.5 Å². The van der Waals surface area contributed by atoms with E-state index in [-0.39, 0.29) is 11.2 Å². The molecule has 0 spiro atoms. The van der Waals surface area contributed by atoms with Gasteiger partial charge in [-0.2, -0.15) is 0 Å². The van der Waals surface area contributed by atoms with Crippen molar-refractivity contribution in [2.75, 3.05) is 12.9 Å². The van der Waals surface area contributed by atoms with Gasteiger partial charge < -0.3 is 9.47 Å². The molecule has 9 heteroatoms. The van der Waals surface area contributed by atoms with Crippen molar-refractivity contribution in [3.05, 3.63) is 45.1 Å². The van der Waals surface area contributed by atoms with Gasteiger partial charge in [0.15, 0.2) is 5.16 Å². The van der Waals surface area contributed by atoms with Gasteiger partial charge in [-0.05, 0) is 49.4 Å². The summed E-state index contributed by atoms with van der Waals surface area (Å²) in [5.41, 5.74) is 1.45. The van der Waals surface area contributed by atoms with E-state index in [2.05, 4.69) is 31.0 Å². The largest absolute Gasteiger partial charge is 0.497 e. The first-order chi connectivity index (χ1) is 14.4. The Morgan fingerprint density at radius 2 is 2.03 bits per heavy atom. The Morgan fingerprint density at radius 1 is 1.27 bits per heavy atom. The van der Waals surface area contributed by atoms with Crippen molar-refractivity contribution in [2.24, 2.45) is 0 Å². The van der Waals surface area contributed by atoms with Gasteiger partial charge in [0, 0.05) is 11.3 Å². The van der Waals surface area contributed by atoms with Crippen LogP contribution in [0, 0.1) is 0 Å². The molecule has 0 unspecified atom stereocenters. The third-order valence-electron chi connectivity index (χ3n) is 5.31. The third-order valence-corrected chi connectivity index (χ3v) is 7.31. The molecule has 0 fully saturated rings. The molecule has 3 aromatic heterocycles. The molecule has 4 aromatic rings. The van der Waals surface area contributed by atoms with E-state index < -0.39 is 0 Å². The minimum atomic E-state index is -0.304. The van der Waals surface area contributed by atoms with E-state index in [1.54, 1.807) is 34.8 Å². The second-order valence-corrected chi connectivity index (χ2v) is 10.1. The van der Waals surface area contributed by atoms with Gasteiger partial charge in [-0.1, -0.05) is 18.7 Å². The Morgan fingerprint density at radius 3 is 2.73 bits per heavy atom. The summed E-state index contributed by atoms with van der Waals surface area (Å²) in [6, 6.07) is 7.44. The molecular weight excluding hydrogens is 420 g/mol. The van der Waals surface area contributed by atoms with E-state index >= 15 is 0 Å². The molecule has 0 saturated heterocycles. The average molecular weight is 443 g/mol. The summed E-state index contributed by atoms with van der Waals surface area (Å²) in [6.07, 6.45) is 0.698. The molecule has 0 saturated carbocycles. The maximum absolute atomic E-state index is 13.8. The van der Waals surface area contributed by atoms with Crippen molar-refractivity contribution in [3.8, 4) is 11.4 Å². The number of thiophene rings is 1. The molecule has 1 aliphatic rings. The first-order valence-corrected chi connectivity index (χ1v) is 11.6. The van der Waals surface area contributed by atoms with Crippen LogP contribution in [-0.4, -0.2) is 37.6 Å². The highest BCUT2D eigenvalue weighted by atomic mass is 32.2. The molecule has 30 heavy (non-hydrogen) atoms. The van der Waals surface area contributed by atoms with Crippen LogP contribution in [-0.2, 0) is 17.8 Å². The van der Waals surface area contributed by atoms with Crippen molar-refractivity contribution in [1.82, 2.24) is 19.2 Å². The molecule has 1 aromatic carbocycles.